The smallest absolute Gasteiger partial charge is 0.246 e. The molecule has 1 fully saturated rings. The van der Waals surface area contributed by atoms with Gasteiger partial charge >= 0.3 is 0 Å². The number of amides is 2. The molecule has 1 saturated heterocycles. The molecule has 19 heavy (non-hydrogen) atoms. The van der Waals surface area contributed by atoms with E-state index in [0.717, 1.165) is 6.42 Å². The lowest BCUT2D eigenvalue weighted by Crippen LogP contribution is -2.64. The van der Waals surface area contributed by atoms with Crippen molar-refractivity contribution >= 4 is 23.6 Å². The molecule has 1 N–H and O–H groups in total. The average Bonchev–Trinajstić information content (AvgIpc) is 2.38. The molecule has 0 radical (unpaired) electrons. The third-order valence-electron chi connectivity index (χ3n) is 3.76. The number of thioether (sulfide) groups is 1. The predicted molar refractivity (Wildman–Crippen MR) is 80.2 cm³/mol. The zero-order valence-corrected chi connectivity index (χ0v) is 13.4. The lowest BCUT2D eigenvalue weighted by molar-refractivity contribution is -0.150. The highest BCUT2D eigenvalue weighted by Crippen LogP contribution is 2.19. The van der Waals surface area contributed by atoms with E-state index in [1.807, 2.05) is 20.8 Å². The van der Waals surface area contributed by atoms with Crippen molar-refractivity contribution in [1.82, 2.24) is 10.2 Å². The summed E-state index contributed by atoms with van der Waals surface area (Å²) in [5, 5.41) is 3.37. The second kappa shape index (κ2) is 7.17. The summed E-state index contributed by atoms with van der Waals surface area (Å²) in [5.74, 6) is 0.210. The van der Waals surface area contributed by atoms with E-state index in [9.17, 15) is 9.59 Å². The van der Waals surface area contributed by atoms with Crippen molar-refractivity contribution in [3.05, 3.63) is 0 Å². The molecule has 5 heteroatoms. The molecule has 3 atom stereocenters. The summed E-state index contributed by atoms with van der Waals surface area (Å²) in [6, 6.07) is -0.656. The lowest BCUT2D eigenvalue weighted by Gasteiger charge is -2.40. The van der Waals surface area contributed by atoms with Crippen molar-refractivity contribution in [1.29, 1.82) is 0 Å². The van der Waals surface area contributed by atoms with E-state index in [4.69, 9.17) is 0 Å². The highest BCUT2D eigenvalue weighted by Gasteiger charge is 2.40. The maximum absolute atomic E-state index is 12.5. The number of hydrogen-bond donors (Lipinski definition) is 1. The minimum Gasteiger partial charge on any atom is -0.342 e. The molecule has 110 valence electrons. The van der Waals surface area contributed by atoms with Crippen molar-refractivity contribution in [2.75, 3.05) is 12.8 Å². The van der Waals surface area contributed by atoms with Crippen LogP contribution in [0.25, 0.3) is 0 Å². The van der Waals surface area contributed by atoms with Crippen LogP contribution in [-0.2, 0) is 9.59 Å². The summed E-state index contributed by atoms with van der Waals surface area (Å²) >= 11 is 1.79. The number of carbonyl (C=O) groups excluding carboxylic acids is 2. The Bertz CT molecular complexity index is 333. The minimum atomic E-state index is -0.361. The first-order valence-corrected chi connectivity index (χ1v) is 8.34. The average molecular weight is 286 g/mol. The Morgan fingerprint density at radius 3 is 2.42 bits per heavy atom. The molecule has 2 amide bonds. The summed E-state index contributed by atoms with van der Waals surface area (Å²) in [5.41, 5.74) is 0. The molecule has 0 bridgehead atoms. The van der Waals surface area contributed by atoms with Gasteiger partial charge in [-0.2, -0.15) is 11.8 Å². The molecule has 1 rings (SSSR count). The number of piperazine rings is 1. The molecule has 1 heterocycles. The van der Waals surface area contributed by atoms with Crippen LogP contribution in [0.5, 0.6) is 0 Å². The van der Waals surface area contributed by atoms with Gasteiger partial charge in [0.1, 0.15) is 12.1 Å². The molecular weight excluding hydrogens is 260 g/mol. The SMILES string of the molecule is CCC1C(=O)NC(C(C)C)C(=O)N1CCC(C)SC. The van der Waals surface area contributed by atoms with Crippen LogP contribution >= 0.6 is 11.8 Å². The fourth-order valence-corrected chi connectivity index (χ4v) is 2.69. The van der Waals surface area contributed by atoms with Crippen LogP contribution in [0.2, 0.25) is 0 Å². The normalized spacial score (nSPS) is 25.7. The van der Waals surface area contributed by atoms with Gasteiger partial charge in [-0.15, -0.1) is 0 Å². The molecule has 1 aliphatic heterocycles. The van der Waals surface area contributed by atoms with Crippen molar-refractivity contribution in [2.45, 2.75) is 57.9 Å². The zero-order valence-electron chi connectivity index (χ0n) is 12.6. The first kappa shape index (κ1) is 16.3. The van der Waals surface area contributed by atoms with Gasteiger partial charge in [-0.05, 0) is 25.0 Å². The molecule has 0 spiro atoms. The highest BCUT2D eigenvalue weighted by atomic mass is 32.2. The van der Waals surface area contributed by atoms with Crippen LogP contribution in [0.3, 0.4) is 0 Å². The van der Waals surface area contributed by atoms with Crippen molar-refractivity contribution < 1.29 is 9.59 Å². The first-order valence-electron chi connectivity index (χ1n) is 7.06. The Kier molecular flexibility index (Phi) is 6.17. The van der Waals surface area contributed by atoms with Gasteiger partial charge in [-0.1, -0.05) is 27.7 Å². The topological polar surface area (TPSA) is 49.4 Å². The maximum Gasteiger partial charge on any atom is 0.246 e. The Morgan fingerprint density at radius 2 is 1.95 bits per heavy atom. The van der Waals surface area contributed by atoms with Crippen molar-refractivity contribution in [3.63, 3.8) is 0 Å². The van der Waals surface area contributed by atoms with Gasteiger partial charge in [0.2, 0.25) is 11.8 Å². The van der Waals surface area contributed by atoms with E-state index in [0.29, 0.717) is 18.2 Å². The molecule has 1 aliphatic rings. The van der Waals surface area contributed by atoms with Gasteiger partial charge in [0.25, 0.3) is 0 Å². The second-order valence-corrected chi connectivity index (χ2v) is 6.80. The summed E-state index contributed by atoms with van der Waals surface area (Å²) in [6.45, 7) is 8.73. The van der Waals surface area contributed by atoms with Gasteiger partial charge in [0, 0.05) is 11.8 Å². The molecule has 3 unspecified atom stereocenters. The van der Waals surface area contributed by atoms with Gasteiger partial charge in [0.05, 0.1) is 0 Å². The van der Waals surface area contributed by atoms with E-state index in [-0.39, 0.29) is 29.8 Å². The van der Waals surface area contributed by atoms with Crippen LogP contribution in [0.15, 0.2) is 0 Å². The molecule has 0 aromatic heterocycles. The van der Waals surface area contributed by atoms with E-state index in [1.54, 1.807) is 16.7 Å². The van der Waals surface area contributed by atoms with Crippen molar-refractivity contribution in [2.24, 2.45) is 5.92 Å². The Morgan fingerprint density at radius 1 is 1.32 bits per heavy atom. The molecule has 4 nitrogen and oxygen atoms in total. The summed E-state index contributed by atoms with van der Waals surface area (Å²) < 4.78 is 0. The largest absolute Gasteiger partial charge is 0.342 e. The first-order chi connectivity index (χ1) is 8.92. The van der Waals surface area contributed by atoms with Crippen LogP contribution < -0.4 is 5.32 Å². The number of hydrogen-bond acceptors (Lipinski definition) is 3. The Labute approximate surface area is 120 Å². The molecule has 0 aromatic rings. The predicted octanol–water partition coefficient (Wildman–Crippen LogP) is 1.89. The zero-order chi connectivity index (χ0) is 14.6. The lowest BCUT2D eigenvalue weighted by atomic mass is 9.96. The molecule has 0 saturated carbocycles. The third kappa shape index (κ3) is 3.88. The van der Waals surface area contributed by atoms with Gasteiger partial charge in [-0.25, -0.2) is 0 Å². The fraction of sp³-hybridized carbons (Fsp3) is 0.857. The number of nitrogens with zero attached hydrogens (tertiary/aromatic N) is 1. The van der Waals surface area contributed by atoms with E-state index in [2.05, 4.69) is 18.5 Å². The molecule has 0 aliphatic carbocycles. The monoisotopic (exact) mass is 286 g/mol. The van der Waals surface area contributed by atoms with Gasteiger partial charge < -0.3 is 10.2 Å². The van der Waals surface area contributed by atoms with E-state index >= 15 is 0 Å². The van der Waals surface area contributed by atoms with Crippen molar-refractivity contribution in [3.8, 4) is 0 Å². The number of rotatable bonds is 6. The number of carbonyl (C=O) groups is 2. The number of nitrogens with one attached hydrogen (secondary N) is 1. The van der Waals surface area contributed by atoms with Crippen LogP contribution in [0, 0.1) is 5.92 Å². The van der Waals surface area contributed by atoms with Crippen LogP contribution in [0.1, 0.15) is 40.5 Å². The van der Waals surface area contributed by atoms with E-state index < -0.39 is 0 Å². The van der Waals surface area contributed by atoms with Crippen LogP contribution in [-0.4, -0.2) is 46.8 Å². The van der Waals surface area contributed by atoms with Crippen LogP contribution in [0.4, 0.5) is 0 Å². The standard InChI is InChI=1S/C14H26N2O2S/c1-6-11-13(17)15-12(9(2)3)14(18)16(11)8-7-10(4)19-5/h9-12H,6-8H2,1-5H3,(H,15,17). The fourth-order valence-electron chi connectivity index (χ4n) is 2.35. The summed E-state index contributed by atoms with van der Waals surface area (Å²) in [6.07, 6.45) is 3.68. The third-order valence-corrected chi connectivity index (χ3v) is 4.80. The van der Waals surface area contributed by atoms with Gasteiger partial charge in [-0.3, -0.25) is 9.59 Å². The molecule has 0 aromatic carbocycles. The Balaban J connectivity index is 2.80. The summed E-state index contributed by atoms with van der Waals surface area (Å²) in [4.78, 5) is 26.4. The van der Waals surface area contributed by atoms with Gasteiger partial charge in [0.15, 0.2) is 0 Å². The Hall–Kier alpha value is -0.710. The summed E-state index contributed by atoms with van der Waals surface area (Å²) in [7, 11) is 0. The maximum atomic E-state index is 12.5. The molecular formula is C14H26N2O2S. The second-order valence-electron chi connectivity index (χ2n) is 5.52. The minimum absolute atomic E-state index is 0.00222. The highest BCUT2D eigenvalue weighted by molar-refractivity contribution is 7.99. The van der Waals surface area contributed by atoms with E-state index in [1.165, 1.54) is 0 Å². The quantitative estimate of drug-likeness (QED) is 0.811.